The van der Waals surface area contributed by atoms with E-state index in [2.05, 4.69) is 29.2 Å². The normalized spacial score (nSPS) is 29.5. The molecule has 0 radical (unpaired) electrons. The lowest BCUT2D eigenvalue weighted by atomic mass is 9.91. The third kappa shape index (κ3) is 2.57. The van der Waals surface area contributed by atoms with E-state index in [4.69, 9.17) is 10.5 Å². The molecule has 1 aromatic rings. The topological polar surface area (TPSA) is 38.5 Å². The van der Waals surface area contributed by atoms with Crippen LogP contribution in [0, 0.1) is 0 Å². The fourth-order valence-corrected chi connectivity index (χ4v) is 3.94. The number of hydrogen-bond acceptors (Lipinski definition) is 3. The van der Waals surface area contributed by atoms with Crippen LogP contribution >= 0.6 is 0 Å². The first kappa shape index (κ1) is 13.9. The van der Waals surface area contributed by atoms with Crippen LogP contribution in [0.15, 0.2) is 24.3 Å². The van der Waals surface area contributed by atoms with Crippen LogP contribution < -0.4 is 10.6 Å². The highest BCUT2D eigenvalue weighted by Crippen LogP contribution is 2.41. The lowest BCUT2D eigenvalue weighted by Crippen LogP contribution is -2.40. The molecule has 1 aliphatic heterocycles. The Labute approximate surface area is 122 Å². The molecule has 3 heteroatoms. The van der Waals surface area contributed by atoms with Crippen molar-refractivity contribution in [3.8, 4) is 0 Å². The third-order valence-corrected chi connectivity index (χ3v) is 4.99. The quantitative estimate of drug-likeness (QED) is 0.917. The molecule has 3 rings (SSSR count). The van der Waals surface area contributed by atoms with Crippen molar-refractivity contribution in [1.29, 1.82) is 0 Å². The molecule has 0 spiro atoms. The van der Waals surface area contributed by atoms with E-state index in [0.29, 0.717) is 18.1 Å². The van der Waals surface area contributed by atoms with Crippen molar-refractivity contribution < 1.29 is 4.74 Å². The number of fused-ring (bicyclic) bond motifs is 1. The van der Waals surface area contributed by atoms with E-state index in [9.17, 15) is 0 Å². The van der Waals surface area contributed by atoms with Gasteiger partial charge in [-0.15, -0.1) is 0 Å². The molecule has 1 saturated carbocycles. The monoisotopic (exact) mass is 274 g/mol. The minimum atomic E-state index is 0.439. The Kier molecular flexibility index (Phi) is 4.27. The summed E-state index contributed by atoms with van der Waals surface area (Å²) in [5, 5.41) is 0. The molecular weight excluding hydrogens is 248 g/mol. The molecule has 0 aromatic heterocycles. The predicted octanol–water partition coefficient (Wildman–Crippen LogP) is 2.90. The lowest BCUT2D eigenvalue weighted by molar-refractivity contribution is 0.0632. The molecule has 2 aliphatic rings. The number of benzene rings is 1. The maximum atomic E-state index is 5.79. The Morgan fingerprint density at radius 2 is 2.15 bits per heavy atom. The molecule has 0 saturated heterocycles. The van der Waals surface area contributed by atoms with Gasteiger partial charge in [0.1, 0.15) is 0 Å². The van der Waals surface area contributed by atoms with Gasteiger partial charge in [-0.25, -0.2) is 0 Å². The van der Waals surface area contributed by atoms with Crippen molar-refractivity contribution >= 4 is 5.69 Å². The number of rotatable bonds is 4. The second-order valence-electron chi connectivity index (χ2n) is 6.16. The van der Waals surface area contributed by atoms with Gasteiger partial charge in [-0.1, -0.05) is 18.2 Å². The number of hydrogen-bond donors (Lipinski definition) is 1. The summed E-state index contributed by atoms with van der Waals surface area (Å²) in [5.41, 5.74) is 8.73. The summed E-state index contributed by atoms with van der Waals surface area (Å²) < 4.78 is 5.60. The number of para-hydroxylation sites is 1. The standard InChI is InChI=1S/C17H26N2O/c1-20-15-6-4-5-14(11-15)19-12-13(9-10-18)16-7-2-3-8-17(16)19/h2-3,7-8,13-15H,4-6,9-12,18H2,1H3. The SMILES string of the molecule is COC1CCCC(N2CC(CCN)c3ccccc32)C1. The molecule has 20 heavy (non-hydrogen) atoms. The van der Waals surface area contributed by atoms with Gasteiger partial charge in [0.25, 0.3) is 0 Å². The summed E-state index contributed by atoms with van der Waals surface area (Å²) in [4.78, 5) is 2.63. The van der Waals surface area contributed by atoms with Crippen LogP contribution in [0.5, 0.6) is 0 Å². The van der Waals surface area contributed by atoms with Crippen molar-refractivity contribution in [3.63, 3.8) is 0 Å². The Morgan fingerprint density at radius 3 is 2.95 bits per heavy atom. The molecule has 110 valence electrons. The maximum Gasteiger partial charge on any atom is 0.0591 e. The molecule has 0 amide bonds. The molecule has 1 aromatic carbocycles. The zero-order chi connectivity index (χ0) is 13.9. The number of nitrogens with two attached hydrogens (primary N) is 1. The van der Waals surface area contributed by atoms with Crippen LogP contribution in [0.3, 0.4) is 0 Å². The number of anilines is 1. The first-order valence-corrected chi connectivity index (χ1v) is 7.92. The van der Waals surface area contributed by atoms with Crippen LogP contribution in [0.25, 0.3) is 0 Å². The van der Waals surface area contributed by atoms with E-state index < -0.39 is 0 Å². The van der Waals surface area contributed by atoms with Gasteiger partial charge in [0.05, 0.1) is 6.10 Å². The molecule has 3 atom stereocenters. The van der Waals surface area contributed by atoms with Gasteiger partial charge < -0.3 is 15.4 Å². The smallest absolute Gasteiger partial charge is 0.0591 e. The van der Waals surface area contributed by atoms with Crippen LogP contribution in [-0.2, 0) is 4.74 Å². The van der Waals surface area contributed by atoms with Gasteiger partial charge in [-0.3, -0.25) is 0 Å². The van der Waals surface area contributed by atoms with Gasteiger partial charge in [-0.05, 0) is 50.3 Å². The van der Waals surface area contributed by atoms with Crippen molar-refractivity contribution in [1.82, 2.24) is 0 Å². The van der Waals surface area contributed by atoms with Gasteiger partial charge in [0.2, 0.25) is 0 Å². The minimum Gasteiger partial charge on any atom is -0.381 e. The molecule has 3 unspecified atom stereocenters. The number of nitrogens with zero attached hydrogens (tertiary/aromatic N) is 1. The average Bonchev–Trinajstić information content (AvgIpc) is 2.87. The summed E-state index contributed by atoms with van der Waals surface area (Å²) in [7, 11) is 1.85. The zero-order valence-electron chi connectivity index (χ0n) is 12.4. The first-order chi connectivity index (χ1) is 9.83. The van der Waals surface area contributed by atoms with Gasteiger partial charge >= 0.3 is 0 Å². The van der Waals surface area contributed by atoms with Crippen LogP contribution in [0.4, 0.5) is 5.69 Å². The molecule has 1 fully saturated rings. The predicted molar refractivity (Wildman–Crippen MR) is 83.3 cm³/mol. The molecule has 0 bridgehead atoms. The third-order valence-electron chi connectivity index (χ3n) is 4.99. The second-order valence-corrected chi connectivity index (χ2v) is 6.16. The molecule has 1 aliphatic carbocycles. The summed E-state index contributed by atoms with van der Waals surface area (Å²) in [6.07, 6.45) is 6.49. The minimum absolute atomic E-state index is 0.439. The van der Waals surface area contributed by atoms with Crippen LogP contribution in [-0.4, -0.2) is 32.3 Å². The summed E-state index contributed by atoms with van der Waals surface area (Å²) >= 11 is 0. The van der Waals surface area contributed by atoms with Gasteiger partial charge in [0.15, 0.2) is 0 Å². The molecule has 1 heterocycles. The van der Waals surface area contributed by atoms with E-state index in [1.165, 1.54) is 36.9 Å². The highest BCUT2D eigenvalue weighted by atomic mass is 16.5. The lowest BCUT2D eigenvalue weighted by Gasteiger charge is -2.36. The second kappa shape index (κ2) is 6.15. The van der Waals surface area contributed by atoms with Crippen molar-refractivity contribution in [2.24, 2.45) is 5.73 Å². The highest BCUT2D eigenvalue weighted by molar-refractivity contribution is 5.61. The van der Waals surface area contributed by atoms with E-state index in [-0.39, 0.29) is 0 Å². The molecular formula is C17H26N2O. The molecule has 3 nitrogen and oxygen atoms in total. The fraction of sp³-hybridized carbons (Fsp3) is 0.647. The van der Waals surface area contributed by atoms with E-state index in [1.54, 1.807) is 0 Å². The fourth-order valence-electron chi connectivity index (χ4n) is 3.94. The maximum absolute atomic E-state index is 5.79. The van der Waals surface area contributed by atoms with Crippen LogP contribution in [0.2, 0.25) is 0 Å². The molecule has 2 N–H and O–H groups in total. The van der Waals surface area contributed by atoms with Crippen molar-refractivity contribution in [2.45, 2.75) is 50.2 Å². The summed E-state index contributed by atoms with van der Waals surface area (Å²) in [6.45, 7) is 1.91. The Balaban J connectivity index is 1.80. The largest absolute Gasteiger partial charge is 0.381 e. The van der Waals surface area contributed by atoms with Crippen molar-refractivity contribution in [3.05, 3.63) is 29.8 Å². The van der Waals surface area contributed by atoms with E-state index in [0.717, 1.165) is 19.5 Å². The Hall–Kier alpha value is -1.06. The van der Waals surface area contributed by atoms with Crippen molar-refractivity contribution in [2.75, 3.05) is 25.1 Å². The summed E-state index contributed by atoms with van der Waals surface area (Å²) in [5.74, 6) is 0.610. The zero-order valence-corrected chi connectivity index (χ0v) is 12.4. The highest BCUT2D eigenvalue weighted by Gasteiger charge is 2.34. The average molecular weight is 274 g/mol. The van der Waals surface area contributed by atoms with Gasteiger partial charge in [-0.2, -0.15) is 0 Å². The Bertz CT molecular complexity index is 448. The van der Waals surface area contributed by atoms with E-state index >= 15 is 0 Å². The number of ether oxygens (including phenoxy) is 1. The Morgan fingerprint density at radius 1 is 1.30 bits per heavy atom. The number of methoxy groups -OCH3 is 1. The van der Waals surface area contributed by atoms with Crippen LogP contribution in [0.1, 0.15) is 43.6 Å². The van der Waals surface area contributed by atoms with E-state index in [1.807, 2.05) is 7.11 Å². The van der Waals surface area contributed by atoms with Gasteiger partial charge in [0, 0.05) is 31.3 Å². The summed E-state index contributed by atoms with van der Waals surface area (Å²) in [6, 6.07) is 9.52. The first-order valence-electron chi connectivity index (χ1n) is 7.92.